The summed E-state index contributed by atoms with van der Waals surface area (Å²) in [5.41, 5.74) is 1.12. The number of benzene rings is 1. The molecular weight excluding hydrogens is 888 g/mol. The predicted octanol–water partition coefficient (Wildman–Crippen LogP) is 5.94. The summed E-state index contributed by atoms with van der Waals surface area (Å²) < 4.78 is 159. The Hall–Kier alpha value is -4.25. The molecule has 1 saturated heterocycles. The van der Waals surface area contributed by atoms with Crippen molar-refractivity contribution < 1.29 is 90.8 Å². The van der Waals surface area contributed by atoms with Gasteiger partial charge in [0.25, 0.3) is 0 Å². The molecule has 4 rings (SSSR count). The van der Waals surface area contributed by atoms with Gasteiger partial charge in [-0.3, -0.25) is 0 Å². The van der Waals surface area contributed by atoms with Crippen molar-refractivity contribution in [3.8, 4) is 10.6 Å². The highest BCUT2D eigenvalue weighted by Crippen LogP contribution is 2.36. The number of carboxylic acids is 3. The van der Waals surface area contributed by atoms with E-state index in [-0.39, 0.29) is 6.54 Å². The van der Waals surface area contributed by atoms with Crippen molar-refractivity contribution in [2.24, 2.45) is 0 Å². The summed E-state index contributed by atoms with van der Waals surface area (Å²) in [4.78, 5) is 41.1. The molecule has 0 radical (unpaired) electrons. The molecule has 1 aliphatic rings. The maximum atomic E-state index is 12.4. The predicted molar refractivity (Wildman–Crippen MR) is 183 cm³/mol. The zero-order valence-electron chi connectivity index (χ0n) is 29.2. The third-order valence-corrected chi connectivity index (χ3v) is 9.34. The number of nitrogens with zero attached hydrogens (tertiary/aromatic N) is 4. The molecule has 0 spiro atoms. The molecule has 2 aromatic heterocycles. The van der Waals surface area contributed by atoms with Crippen molar-refractivity contribution in [1.82, 2.24) is 24.5 Å². The Morgan fingerprint density at radius 2 is 1.34 bits per heavy atom. The van der Waals surface area contributed by atoms with Crippen LogP contribution in [0.3, 0.4) is 0 Å². The Morgan fingerprint density at radius 1 is 0.845 bits per heavy atom. The molecule has 1 aliphatic heterocycles. The van der Waals surface area contributed by atoms with Crippen LogP contribution in [0.15, 0.2) is 30.5 Å². The highest BCUT2D eigenvalue weighted by molar-refractivity contribution is 7.89. The molecule has 1 fully saturated rings. The van der Waals surface area contributed by atoms with Crippen molar-refractivity contribution in [1.29, 1.82) is 0 Å². The summed E-state index contributed by atoms with van der Waals surface area (Å²) in [7, 11) is -2.34. The van der Waals surface area contributed by atoms with E-state index in [1.807, 2.05) is 10.8 Å². The number of nitrogens with one attached hydrogen (secondary N) is 2. The number of anilines is 1. The molecule has 0 amide bonds. The van der Waals surface area contributed by atoms with Gasteiger partial charge in [0.05, 0.1) is 16.1 Å². The average Bonchev–Trinajstić information content (AvgIpc) is 3.49. The summed E-state index contributed by atoms with van der Waals surface area (Å²) in [6, 6.07) is 7.12. The molecule has 29 heteroatoms. The number of thiophene rings is 1. The molecule has 14 nitrogen and oxygen atoms in total. The summed E-state index contributed by atoms with van der Waals surface area (Å²) in [5.74, 6) is -9.70. The number of hydrogen-bond donors (Lipinski definition) is 5. The second-order valence-corrected chi connectivity index (χ2v) is 14.7. The van der Waals surface area contributed by atoms with Crippen molar-refractivity contribution in [3.63, 3.8) is 0 Å². The summed E-state index contributed by atoms with van der Waals surface area (Å²) >= 11 is 7.80. The average molecular weight is 919 g/mol. The van der Waals surface area contributed by atoms with Crippen LogP contribution in [-0.4, -0.2) is 138 Å². The number of carbonyl (C=O) groups is 3. The van der Waals surface area contributed by atoms with E-state index in [2.05, 4.69) is 32.1 Å². The Morgan fingerprint density at radius 3 is 1.81 bits per heavy atom. The highest BCUT2D eigenvalue weighted by Gasteiger charge is 2.39. The lowest BCUT2D eigenvalue weighted by atomic mass is 10.1. The van der Waals surface area contributed by atoms with E-state index in [4.69, 9.17) is 41.3 Å². The summed E-state index contributed by atoms with van der Waals surface area (Å²) in [6.45, 7) is 5.82. The molecule has 3 aromatic rings. The first kappa shape index (κ1) is 51.8. The molecule has 328 valence electrons. The number of carboxylic acid groups (broad SMARTS) is 3. The van der Waals surface area contributed by atoms with Crippen molar-refractivity contribution in [3.05, 3.63) is 41.0 Å². The number of hydrogen-bond acceptors (Lipinski definition) is 11. The molecule has 5 N–H and O–H groups in total. The minimum Gasteiger partial charge on any atom is -0.475 e. The Kier molecular flexibility index (Phi) is 19.3. The normalized spacial score (nSPS) is 14.2. The molecule has 0 unspecified atom stereocenters. The molecule has 0 bridgehead atoms. The van der Waals surface area contributed by atoms with Crippen LogP contribution >= 0.6 is 22.9 Å². The van der Waals surface area contributed by atoms with Crippen LogP contribution in [0.25, 0.3) is 20.7 Å². The second kappa shape index (κ2) is 21.7. The van der Waals surface area contributed by atoms with Crippen molar-refractivity contribution in [2.45, 2.75) is 37.7 Å². The Balaban J connectivity index is 0.000000655. The second-order valence-electron chi connectivity index (χ2n) is 11.4. The van der Waals surface area contributed by atoms with Crippen molar-refractivity contribution in [2.75, 3.05) is 57.4 Å². The van der Waals surface area contributed by atoms with Crippen LogP contribution in [-0.2, 0) is 31.0 Å². The van der Waals surface area contributed by atoms with E-state index >= 15 is 0 Å². The number of rotatable bonds is 10. The van der Waals surface area contributed by atoms with Gasteiger partial charge in [0.2, 0.25) is 16.0 Å². The van der Waals surface area contributed by atoms with E-state index in [0.717, 1.165) is 60.7 Å². The molecule has 3 heterocycles. The lowest BCUT2D eigenvalue weighted by Gasteiger charge is -2.32. The number of fused-ring (bicyclic) bond motifs is 1. The fourth-order valence-electron chi connectivity index (χ4n) is 3.96. The number of sulfonamides is 1. The van der Waals surface area contributed by atoms with Gasteiger partial charge in [0, 0.05) is 44.0 Å². The molecule has 58 heavy (non-hydrogen) atoms. The third-order valence-electron chi connectivity index (χ3n) is 6.67. The Bertz CT molecular complexity index is 1880. The number of alkyl halides is 12. The monoisotopic (exact) mass is 918 g/mol. The van der Waals surface area contributed by atoms with Gasteiger partial charge in [0.1, 0.15) is 5.69 Å². The highest BCUT2D eigenvalue weighted by atomic mass is 35.5. The van der Waals surface area contributed by atoms with Gasteiger partial charge in [-0.25, -0.2) is 37.5 Å². The topological polar surface area (TPSA) is 202 Å². The zero-order chi connectivity index (χ0) is 44.9. The van der Waals surface area contributed by atoms with Crippen LogP contribution in [0, 0.1) is 0 Å². The van der Waals surface area contributed by atoms with E-state index < -0.39 is 58.4 Å². The van der Waals surface area contributed by atoms with Gasteiger partial charge in [-0.05, 0) is 43.1 Å². The lowest BCUT2D eigenvalue weighted by molar-refractivity contribution is -0.193. The minimum atomic E-state index is -5.08. The third kappa shape index (κ3) is 20.4. The van der Waals surface area contributed by atoms with Crippen molar-refractivity contribution >= 4 is 66.9 Å². The molecule has 0 saturated carbocycles. The van der Waals surface area contributed by atoms with Gasteiger partial charge < -0.3 is 30.4 Å². The largest absolute Gasteiger partial charge is 0.490 e. The van der Waals surface area contributed by atoms with Crippen LogP contribution in [0.4, 0.5) is 58.6 Å². The van der Waals surface area contributed by atoms with E-state index in [1.165, 1.54) is 11.3 Å². The maximum Gasteiger partial charge on any atom is 0.490 e. The fraction of sp³-hybridized carbons (Fsp3) is 0.483. The molecule has 1 aromatic carbocycles. The first-order valence-electron chi connectivity index (χ1n) is 15.4. The first-order chi connectivity index (χ1) is 26.3. The van der Waals surface area contributed by atoms with Crippen LogP contribution in [0.1, 0.15) is 12.0 Å². The van der Waals surface area contributed by atoms with Crippen LogP contribution in [0.5, 0.6) is 0 Å². The van der Waals surface area contributed by atoms with Gasteiger partial charge in [0.15, 0.2) is 5.75 Å². The number of likely N-dealkylation sites (N-methyl/N-ethyl adjacent to an activating group) is 1. The number of piperazine rings is 1. The van der Waals surface area contributed by atoms with E-state index in [1.54, 1.807) is 24.4 Å². The maximum absolute atomic E-state index is 12.4. The molecule has 0 aliphatic carbocycles. The number of aromatic nitrogens is 2. The van der Waals surface area contributed by atoms with E-state index in [0.29, 0.717) is 22.2 Å². The number of halogens is 13. The van der Waals surface area contributed by atoms with Gasteiger partial charge in [-0.15, -0.1) is 11.3 Å². The van der Waals surface area contributed by atoms with Crippen LogP contribution in [0.2, 0.25) is 5.02 Å². The smallest absolute Gasteiger partial charge is 0.475 e. The minimum absolute atomic E-state index is 0.238. The Labute approximate surface area is 328 Å². The fourth-order valence-corrected chi connectivity index (χ4v) is 6.26. The zero-order valence-corrected chi connectivity index (χ0v) is 31.5. The SMILES string of the molecule is CN1CCN(CCCNc2ncc(Cl)c(-c3cc4ccc(CNS(=O)(=O)CC(F)(F)F)cc4s3)n2)CC1.O=C(O)C(F)(F)F.O=C(O)C(F)(F)F.O=C(O)C(F)(F)F. The van der Waals surface area contributed by atoms with Gasteiger partial charge in [-0.2, -0.15) is 52.7 Å². The molecular formula is C29H31ClF12N6O8S2. The van der Waals surface area contributed by atoms with Gasteiger partial charge >= 0.3 is 42.6 Å². The summed E-state index contributed by atoms with van der Waals surface area (Å²) in [6.07, 6.45) is -17.5. The quantitative estimate of drug-likeness (QED) is 0.118. The molecule has 0 atom stereocenters. The van der Waals surface area contributed by atoms with Gasteiger partial charge in [-0.1, -0.05) is 23.7 Å². The van der Waals surface area contributed by atoms with Crippen LogP contribution < -0.4 is 10.0 Å². The lowest BCUT2D eigenvalue weighted by Crippen LogP contribution is -2.44. The summed E-state index contributed by atoms with van der Waals surface area (Å²) in [5, 5.41) is 25.9. The van der Waals surface area contributed by atoms with E-state index in [9.17, 15) is 61.1 Å². The number of aliphatic carboxylic acids is 3. The first-order valence-corrected chi connectivity index (χ1v) is 18.3. The standard InChI is InChI=1S/C23H28ClF3N6O2S2.3C2HF3O2/c1-32-7-9-33(10-8-32)6-2-5-28-22-29-14-18(24)21(31-22)20-12-17-4-3-16(11-19(17)36-20)13-30-37(34,35)15-23(25,26)27;3*3-2(4,5)1(6)7/h3-4,11-12,14,30H,2,5-10,13,15H2,1H3,(H,28,29,31);3*(H,6,7).